The molecule has 5 aliphatic rings. The molecular weight excluding hydrogens is 462 g/mol. The van der Waals surface area contributed by atoms with E-state index in [-0.39, 0.29) is 29.3 Å². The first kappa shape index (κ1) is 24.8. The van der Waals surface area contributed by atoms with Crippen molar-refractivity contribution in [2.24, 2.45) is 22.2 Å². The Hall–Kier alpha value is -2.50. The lowest BCUT2D eigenvalue weighted by Gasteiger charge is -2.54. The van der Waals surface area contributed by atoms with Gasteiger partial charge < -0.3 is 14.9 Å². The minimum Gasteiger partial charge on any atom is -0.475 e. The fraction of sp³-hybridized carbons (Fsp3) is 0.562. The number of benzene rings is 1. The SMILES string of the molecule is CC1(C)COC(c2ccc([C@H]3C[C@@]4(C)[C@@H](CC[C@@]4(O)/C=C/CO)[C@@H]4CCC5=CC(=O)CCC5=C43)cc2)=N1. The maximum absolute atomic E-state index is 12.3. The Labute approximate surface area is 220 Å². The molecule has 196 valence electrons. The molecule has 0 spiro atoms. The highest BCUT2D eigenvalue weighted by molar-refractivity contribution is 5.95. The zero-order chi connectivity index (χ0) is 26.0. The summed E-state index contributed by atoms with van der Waals surface area (Å²) < 4.78 is 5.88. The van der Waals surface area contributed by atoms with Crippen LogP contribution in [0.3, 0.4) is 0 Å². The van der Waals surface area contributed by atoms with Gasteiger partial charge in [-0.3, -0.25) is 4.79 Å². The Kier molecular flexibility index (Phi) is 5.89. The molecule has 5 nitrogen and oxygen atoms in total. The predicted octanol–water partition coefficient (Wildman–Crippen LogP) is 5.42. The Morgan fingerprint density at radius 2 is 1.89 bits per heavy atom. The van der Waals surface area contributed by atoms with E-state index in [2.05, 4.69) is 45.0 Å². The van der Waals surface area contributed by atoms with Crippen LogP contribution in [0.1, 0.15) is 82.8 Å². The third-order valence-corrected chi connectivity index (χ3v) is 9.98. The van der Waals surface area contributed by atoms with Gasteiger partial charge in [0, 0.05) is 23.3 Å². The first-order valence-corrected chi connectivity index (χ1v) is 13.9. The van der Waals surface area contributed by atoms with Crippen LogP contribution in [0, 0.1) is 17.3 Å². The fourth-order valence-electron chi connectivity index (χ4n) is 8.11. The highest BCUT2D eigenvalue weighted by Crippen LogP contribution is 2.67. The minimum atomic E-state index is -0.925. The number of carbonyl (C=O) groups is 1. The average Bonchev–Trinajstić information content (AvgIpc) is 3.38. The van der Waals surface area contributed by atoms with Crippen LogP contribution < -0.4 is 0 Å². The molecule has 5 heteroatoms. The molecule has 1 heterocycles. The van der Waals surface area contributed by atoms with Crippen molar-refractivity contribution in [2.75, 3.05) is 13.2 Å². The molecule has 4 aliphatic carbocycles. The van der Waals surface area contributed by atoms with Crippen molar-refractivity contribution < 1.29 is 19.7 Å². The van der Waals surface area contributed by atoms with Crippen LogP contribution in [0.25, 0.3) is 0 Å². The first-order valence-electron chi connectivity index (χ1n) is 13.9. The molecular formula is C32H39NO4. The molecule has 6 rings (SSSR count). The Morgan fingerprint density at radius 1 is 1.11 bits per heavy atom. The fourth-order valence-corrected chi connectivity index (χ4v) is 8.11. The molecule has 0 radical (unpaired) electrons. The van der Waals surface area contributed by atoms with Gasteiger partial charge in [0.25, 0.3) is 0 Å². The van der Waals surface area contributed by atoms with E-state index in [1.165, 1.54) is 22.3 Å². The molecule has 0 unspecified atom stereocenters. The number of ketones is 1. The summed E-state index contributed by atoms with van der Waals surface area (Å²) >= 11 is 0. The van der Waals surface area contributed by atoms with Crippen LogP contribution in [-0.4, -0.2) is 46.2 Å². The number of hydrogen-bond acceptors (Lipinski definition) is 5. The number of carbonyl (C=O) groups excluding carboxylic acids is 1. The number of rotatable bonds is 4. The van der Waals surface area contributed by atoms with Gasteiger partial charge in [0.2, 0.25) is 5.90 Å². The Bertz CT molecular complexity index is 1240. The summed E-state index contributed by atoms with van der Waals surface area (Å²) in [5, 5.41) is 21.4. The van der Waals surface area contributed by atoms with Crippen molar-refractivity contribution in [2.45, 2.75) is 82.8 Å². The summed E-state index contributed by atoms with van der Waals surface area (Å²) in [5.74, 6) is 1.94. The topological polar surface area (TPSA) is 79.1 Å². The van der Waals surface area contributed by atoms with Gasteiger partial charge in [-0.25, -0.2) is 4.99 Å². The van der Waals surface area contributed by atoms with Gasteiger partial charge in [0.1, 0.15) is 6.61 Å². The number of aliphatic hydroxyl groups is 2. The molecule has 0 bridgehead atoms. The molecule has 2 N–H and O–H groups in total. The number of hydrogen-bond donors (Lipinski definition) is 2. The lowest BCUT2D eigenvalue weighted by atomic mass is 9.51. The second kappa shape index (κ2) is 8.78. The normalized spacial score (nSPS) is 36.6. The van der Waals surface area contributed by atoms with E-state index in [4.69, 9.17) is 9.73 Å². The average molecular weight is 502 g/mol. The van der Waals surface area contributed by atoms with Crippen molar-refractivity contribution in [3.63, 3.8) is 0 Å². The van der Waals surface area contributed by atoms with E-state index in [1.807, 2.05) is 12.2 Å². The maximum atomic E-state index is 12.3. The molecule has 1 aromatic rings. The van der Waals surface area contributed by atoms with Gasteiger partial charge in [-0.1, -0.05) is 36.8 Å². The molecule has 5 atom stereocenters. The summed E-state index contributed by atoms with van der Waals surface area (Å²) in [5.41, 5.74) is 5.03. The number of fused-ring (bicyclic) bond motifs is 4. The number of aliphatic imine (C=N–C) groups is 1. The molecule has 0 amide bonds. The second-order valence-corrected chi connectivity index (χ2v) is 12.7. The van der Waals surface area contributed by atoms with Gasteiger partial charge in [-0.05, 0) is 99.1 Å². The highest BCUT2D eigenvalue weighted by atomic mass is 16.5. The summed E-state index contributed by atoms with van der Waals surface area (Å²) in [6.07, 6.45) is 11.5. The van der Waals surface area contributed by atoms with Crippen molar-refractivity contribution >= 4 is 11.7 Å². The van der Waals surface area contributed by atoms with Gasteiger partial charge in [-0.15, -0.1) is 0 Å². The highest BCUT2D eigenvalue weighted by Gasteiger charge is 2.62. The van der Waals surface area contributed by atoms with Crippen LogP contribution in [0.5, 0.6) is 0 Å². The van der Waals surface area contributed by atoms with Crippen LogP contribution in [-0.2, 0) is 9.53 Å². The Morgan fingerprint density at radius 3 is 2.59 bits per heavy atom. The molecule has 2 saturated carbocycles. The van der Waals surface area contributed by atoms with Crippen molar-refractivity contribution in [1.29, 1.82) is 0 Å². The number of allylic oxidation sites excluding steroid dienone is 4. The summed E-state index contributed by atoms with van der Waals surface area (Å²) in [4.78, 5) is 17.0. The van der Waals surface area contributed by atoms with Gasteiger partial charge in [0.05, 0.1) is 17.7 Å². The summed E-state index contributed by atoms with van der Waals surface area (Å²) in [7, 11) is 0. The zero-order valence-corrected chi connectivity index (χ0v) is 22.3. The molecule has 1 aromatic carbocycles. The number of aliphatic hydroxyl groups excluding tert-OH is 1. The van der Waals surface area contributed by atoms with Crippen LogP contribution >= 0.6 is 0 Å². The maximum Gasteiger partial charge on any atom is 0.216 e. The van der Waals surface area contributed by atoms with E-state index in [9.17, 15) is 15.0 Å². The van der Waals surface area contributed by atoms with E-state index in [0.29, 0.717) is 30.8 Å². The van der Waals surface area contributed by atoms with E-state index >= 15 is 0 Å². The Balaban J connectivity index is 1.44. The number of ether oxygens (including phenoxy) is 1. The lowest BCUT2D eigenvalue weighted by Crippen LogP contribution is -2.50. The lowest BCUT2D eigenvalue weighted by molar-refractivity contribution is -0.114. The number of nitrogens with zero attached hydrogens (tertiary/aromatic N) is 1. The largest absolute Gasteiger partial charge is 0.475 e. The summed E-state index contributed by atoms with van der Waals surface area (Å²) in [6, 6.07) is 8.69. The molecule has 1 aliphatic heterocycles. The predicted molar refractivity (Wildman–Crippen MR) is 144 cm³/mol. The molecule has 37 heavy (non-hydrogen) atoms. The molecule has 0 saturated heterocycles. The second-order valence-electron chi connectivity index (χ2n) is 12.7. The monoisotopic (exact) mass is 501 g/mol. The van der Waals surface area contributed by atoms with E-state index in [0.717, 1.165) is 44.1 Å². The third-order valence-electron chi connectivity index (χ3n) is 9.98. The third kappa shape index (κ3) is 3.97. The van der Waals surface area contributed by atoms with Gasteiger partial charge in [-0.2, -0.15) is 0 Å². The first-order chi connectivity index (χ1) is 17.6. The zero-order valence-electron chi connectivity index (χ0n) is 22.3. The van der Waals surface area contributed by atoms with Crippen LogP contribution in [0.4, 0.5) is 0 Å². The van der Waals surface area contributed by atoms with Crippen molar-refractivity contribution in [3.8, 4) is 0 Å². The van der Waals surface area contributed by atoms with Crippen LogP contribution in [0.2, 0.25) is 0 Å². The van der Waals surface area contributed by atoms with Crippen LogP contribution in [0.15, 0.2) is 64.2 Å². The van der Waals surface area contributed by atoms with E-state index < -0.39 is 5.60 Å². The van der Waals surface area contributed by atoms with Crippen molar-refractivity contribution in [1.82, 2.24) is 0 Å². The molecule has 0 aromatic heterocycles. The van der Waals surface area contributed by atoms with Gasteiger partial charge in [0.15, 0.2) is 5.78 Å². The quantitative estimate of drug-likeness (QED) is 0.540. The van der Waals surface area contributed by atoms with Crippen molar-refractivity contribution in [3.05, 3.63) is 70.3 Å². The summed E-state index contributed by atoms with van der Waals surface area (Å²) in [6.45, 7) is 6.97. The standard InChI is InChI=1S/C32H39NO4/c1-30(2)19-37-29(33-30)21-7-5-20(6-8-21)26-18-31(3)27(13-15-32(31,36)14-4-16-34)25-11-9-22-17-23(35)10-12-24(22)28(25)26/h4-8,14,17,25-27,34,36H,9-13,15-16,18-19H2,1-3H3/b14-4+/t25-,26+,27-,31-,32-/m0/s1. The minimum absolute atomic E-state index is 0.0579. The van der Waals surface area contributed by atoms with Gasteiger partial charge >= 0.3 is 0 Å². The van der Waals surface area contributed by atoms with E-state index in [1.54, 1.807) is 6.08 Å². The molecule has 2 fully saturated rings. The smallest absolute Gasteiger partial charge is 0.216 e.